The van der Waals surface area contributed by atoms with Crippen molar-refractivity contribution in [2.75, 3.05) is 0 Å². The number of rotatable bonds is 1. The Balaban J connectivity index is 3.20. The molecule has 0 aromatic heterocycles. The van der Waals surface area contributed by atoms with Crippen molar-refractivity contribution in [1.29, 1.82) is 0 Å². The molecule has 0 unspecified atom stereocenters. The summed E-state index contributed by atoms with van der Waals surface area (Å²) < 4.78 is 0.635. The first-order chi connectivity index (χ1) is 6.15. The number of hydrogen-bond donors (Lipinski definition) is 0. The topological polar surface area (TPSA) is 65.8 Å². The Kier molecular flexibility index (Phi) is 3.06. The first kappa shape index (κ1) is 9.77. The predicted molar refractivity (Wildman–Crippen MR) is 52.4 cm³/mol. The Bertz CT molecular complexity index is 396. The van der Waals surface area contributed by atoms with Crippen LogP contribution in [0.25, 0.3) is 10.4 Å². The molecule has 0 aliphatic rings. The second kappa shape index (κ2) is 4.07. The summed E-state index contributed by atoms with van der Waals surface area (Å²) in [7, 11) is 0. The first-order valence-electron chi connectivity index (χ1n) is 3.50. The monoisotopic (exact) mass is 239 g/mol. The van der Waals surface area contributed by atoms with Crippen molar-refractivity contribution in [1.82, 2.24) is 0 Å². The molecule has 1 aromatic carbocycles. The summed E-state index contributed by atoms with van der Waals surface area (Å²) in [6.07, 6.45) is 0. The zero-order valence-electron chi connectivity index (χ0n) is 6.86. The normalized spacial score (nSPS) is 9.08. The van der Waals surface area contributed by atoms with E-state index in [1.807, 2.05) is 13.0 Å². The highest BCUT2D eigenvalue weighted by Gasteiger charge is 2.07. The van der Waals surface area contributed by atoms with E-state index in [1.54, 1.807) is 12.1 Å². The number of hydrogen-bond acceptors (Lipinski definition) is 1. The molecule has 5 heteroatoms. The zero-order valence-corrected chi connectivity index (χ0v) is 8.45. The van der Waals surface area contributed by atoms with Gasteiger partial charge < -0.3 is 0 Å². The Morgan fingerprint density at radius 1 is 1.62 bits per heavy atom. The van der Waals surface area contributed by atoms with E-state index in [9.17, 15) is 4.79 Å². The number of benzene rings is 1. The number of aryl methyl sites for hydroxylation is 1. The van der Waals surface area contributed by atoms with Crippen molar-refractivity contribution in [2.45, 2.75) is 6.92 Å². The van der Waals surface area contributed by atoms with E-state index in [0.717, 1.165) is 5.56 Å². The molecule has 0 aliphatic carbocycles. The number of carbonyl (C=O) groups is 1. The minimum absolute atomic E-state index is 0.387. The number of azide groups is 1. The van der Waals surface area contributed by atoms with Crippen LogP contribution in [0.1, 0.15) is 15.9 Å². The van der Waals surface area contributed by atoms with Gasteiger partial charge in [-0.05, 0) is 29.7 Å². The Labute approximate surface area is 83.3 Å². The van der Waals surface area contributed by atoms with Crippen LogP contribution in [0.5, 0.6) is 0 Å². The zero-order chi connectivity index (χ0) is 9.84. The maximum atomic E-state index is 11.2. The Morgan fingerprint density at radius 2 is 2.31 bits per heavy atom. The molecular formula is C8H6BrN3O. The molecule has 4 nitrogen and oxygen atoms in total. The Morgan fingerprint density at radius 3 is 2.92 bits per heavy atom. The summed E-state index contributed by atoms with van der Waals surface area (Å²) >= 11 is 3.20. The second-order valence-corrected chi connectivity index (χ2v) is 3.33. The lowest BCUT2D eigenvalue weighted by Gasteiger charge is -1.99. The summed E-state index contributed by atoms with van der Waals surface area (Å²) in [6, 6.07) is 5.27. The first-order valence-corrected chi connectivity index (χ1v) is 4.30. The van der Waals surface area contributed by atoms with Crippen LogP contribution in [0.3, 0.4) is 0 Å². The van der Waals surface area contributed by atoms with E-state index >= 15 is 0 Å². The third kappa shape index (κ3) is 2.31. The second-order valence-electron chi connectivity index (χ2n) is 2.48. The highest BCUT2D eigenvalue weighted by Crippen LogP contribution is 2.18. The van der Waals surface area contributed by atoms with Crippen LogP contribution in [-0.4, -0.2) is 5.91 Å². The van der Waals surface area contributed by atoms with Crippen LogP contribution in [0.15, 0.2) is 27.8 Å². The van der Waals surface area contributed by atoms with Gasteiger partial charge in [0, 0.05) is 14.9 Å². The number of halogens is 1. The average molecular weight is 240 g/mol. The van der Waals surface area contributed by atoms with Crippen LogP contribution in [-0.2, 0) is 0 Å². The largest absolute Gasteiger partial charge is 0.287 e. The van der Waals surface area contributed by atoms with Gasteiger partial charge in [0.1, 0.15) is 0 Å². The molecule has 66 valence electrons. The van der Waals surface area contributed by atoms with Crippen molar-refractivity contribution in [3.05, 3.63) is 44.2 Å². The van der Waals surface area contributed by atoms with Crippen molar-refractivity contribution in [3.63, 3.8) is 0 Å². The van der Waals surface area contributed by atoms with Crippen molar-refractivity contribution < 1.29 is 4.79 Å². The smallest absolute Gasteiger partial charge is 0.250 e. The van der Waals surface area contributed by atoms with E-state index in [2.05, 4.69) is 26.0 Å². The molecule has 0 atom stereocenters. The van der Waals surface area contributed by atoms with Gasteiger partial charge in [-0.25, -0.2) is 0 Å². The van der Waals surface area contributed by atoms with Crippen molar-refractivity contribution in [3.8, 4) is 0 Å². The average Bonchev–Trinajstić information content (AvgIpc) is 2.09. The lowest BCUT2D eigenvalue weighted by molar-refractivity contribution is 0.0999. The molecule has 0 bridgehead atoms. The molecule has 1 aromatic rings. The van der Waals surface area contributed by atoms with Gasteiger partial charge in [-0.3, -0.25) is 4.79 Å². The van der Waals surface area contributed by atoms with Gasteiger partial charge in [-0.15, -0.1) is 0 Å². The molecule has 0 radical (unpaired) electrons. The van der Waals surface area contributed by atoms with Crippen molar-refractivity contribution >= 4 is 21.8 Å². The van der Waals surface area contributed by atoms with Gasteiger partial charge in [0.15, 0.2) is 0 Å². The van der Waals surface area contributed by atoms with Crippen LogP contribution < -0.4 is 0 Å². The van der Waals surface area contributed by atoms with Gasteiger partial charge in [0.05, 0.1) is 0 Å². The molecule has 1 rings (SSSR count). The predicted octanol–water partition coefficient (Wildman–Crippen LogP) is 3.21. The molecule has 1 amide bonds. The van der Waals surface area contributed by atoms with Gasteiger partial charge >= 0.3 is 0 Å². The third-order valence-electron chi connectivity index (χ3n) is 1.49. The van der Waals surface area contributed by atoms with Gasteiger partial charge in [0.2, 0.25) is 5.91 Å². The fourth-order valence-electron chi connectivity index (χ4n) is 0.897. The SMILES string of the molecule is Cc1ccc(Br)c(C(=O)N=[N+]=[N-])c1. The van der Waals surface area contributed by atoms with E-state index in [4.69, 9.17) is 5.53 Å². The minimum atomic E-state index is -0.571. The quantitative estimate of drug-likeness (QED) is 0.422. The molecule has 0 N–H and O–H groups in total. The number of carbonyl (C=O) groups excluding carboxylic acids is 1. The molecule has 0 aliphatic heterocycles. The van der Waals surface area contributed by atoms with E-state index in [0.29, 0.717) is 10.0 Å². The molecule has 0 spiro atoms. The van der Waals surface area contributed by atoms with E-state index in [-0.39, 0.29) is 0 Å². The number of amides is 1. The molecule has 13 heavy (non-hydrogen) atoms. The van der Waals surface area contributed by atoms with Crippen LogP contribution in [0.4, 0.5) is 0 Å². The Hall–Kier alpha value is -1.32. The lowest BCUT2D eigenvalue weighted by atomic mass is 10.1. The molecular weight excluding hydrogens is 234 g/mol. The lowest BCUT2D eigenvalue weighted by Crippen LogP contribution is -1.95. The maximum Gasteiger partial charge on any atom is 0.250 e. The van der Waals surface area contributed by atoms with E-state index in [1.165, 1.54) is 0 Å². The van der Waals surface area contributed by atoms with Crippen LogP contribution in [0, 0.1) is 6.92 Å². The van der Waals surface area contributed by atoms with Gasteiger partial charge in [-0.2, -0.15) is 0 Å². The van der Waals surface area contributed by atoms with E-state index < -0.39 is 5.91 Å². The summed E-state index contributed by atoms with van der Waals surface area (Å²) in [6.45, 7) is 1.86. The summed E-state index contributed by atoms with van der Waals surface area (Å²) in [4.78, 5) is 13.6. The third-order valence-corrected chi connectivity index (χ3v) is 2.18. The molecule has 0 heterocycles. The highest BCUT2D eigenvalue weighted by molar-refractivity contribution is 9.10. The highest BCUT2D eigenvalue weighted by atomic mass is 79.9. The van der Waals surface area contributed by atoms with Crippen LogP contribution >= 0.6 is 15.9 Å². The fourth-order valence-corrected chi connectivity index (χ4v) is 1.31. The standard InChI is InChI=1S/C8H6BrN3O/c1-5-2-3-7(9)6(4-5)8(13)11-12-10/h2-4H,1H3. The van der Waals surface area contributed by atoms with Crippen LogP contribution in [0.2, 0.25) is 0 Å². The molecule has 0 fully saturated rings. The summed E-state index contributed by atoms with van der Waals surface area (Å²) in [5.74, 6) is -0.571. The minimum Gasteiger partial charge on any atom is -0.287 e. The van der Waals surface area contributed by atoms with Crippen molar-refractivity contribution in [2.24, 2.45) is 5.11 Å². The fraction of sp³-hybridized carbons (Fsp3) is 0.125. The molecule has 0 saturated heterocycles. The van der Waals surface area contributed by atoms with Gasteiger partial charge in [0.25, 0.3) is 0 Å². The van der Waals surface area contributed by atoms with Gasteiger partial charge in [-0.1, -0.05) is 27.6 Å². The summed E-state index contributed by atoms with van der Waals surface area (Å²) in [5, 5.41) is 3.01. The number of nitrogens with zero attached hydrogens (tertiary/aromatic N) is 3. The molecule has 0 saturated carbocycles. The maximum absolute atomic E-state index is 11.2. The summed E-state index contributed by atoms with van der Waals surface area (Å²) in [5.41, 5.74) is 9.41.